The van der Waals surface area contributed by atoms with E-state index in [-0.39, 0.29) is 11.4 Å². The Balaban J connectivity index is 2.80. The number of methoxy groups -OCH3 is 1. The average Bonchev–Trinajstić information content (AvgIpc) is 2.30. The van der Waals surface area contributed by atoms with E-state index in [0.717, 1.165) is 6.07 Å². The quantitative estimate of drug-likeness (QED) is 0.866. The number of hydrogen-bond donors (Lipinski definition) is 1. The van der Waals surface area contributed by atoms with Crippen LogP contribution < -0.4 is 10.5 Å². The molecule has 0 amide bonds. The van der Waals surface area contributed by atoms with Crippen LogP contribution in [0.15, 0.2) is 18.2 Å². The average molecular weight is 298 g/mol. The number of hydrogen-bond acceptors (Lipinski definition) is 4. The van der Waals surface area contributed by atoms with Gasteiger partial charge < -0.3 is 15.2 Å². The monoisotopic (exact) mass is 297 g/mol. The topological polar surface area (TPSA) is 61.5 Å². The molecule has 0 aliphatic heterocycles. The molecule has 0 bridgehead atoms. The third-order valence-electron chi connectivity index (χ3n) is 2.18. The van der Waals surface area contributed by atoms with E-state index in [1.807, 2.05) is 0 Å². The van der Waals surface area contributed by atoms with Crippen molar-refractivity contribution in [3.8, 4) is 5.75 Å². The normalized spacial score (nSPS) is 12.9. The van der Waals surface area contributed by atoms with Crippen LogP contribution in [0.1, 0.15) is 5.56 Å². The van der Waals surface area contributed by atoms with Crippen molar-refractivity contribution in [2.24, 2.45) is 5.73 Å². The summed E-state index contributed by atoms with van der Waals surface area (Å²) in [5.41, 5.74) is 6.02. The molecule has 0 aliphatic rings. The minimum atomic E-state index is -4.81. The van der Waals surface area contributed by atoms with E-state index in [1.54, 1.807) is 0 Å². The van der Waals surface area contributed by atoms with Crippen LogP contribution in [0.2, 0.25) is 5.02 Å². The van der Waals surface area contributed by atoms with Gasteiger partial charge in [-0.3, -0.25) is 4.79 Å². The van der Waals surface area contributed by atoms with Gasteiger partial charge in [0.05, 0.1) is 12.1 Å². The molecule has 2 N–H and O–H groups in total. The first-order chi connectivity index (χ1) is 8.73. The summed E-state index contributed by atoms with van der Waals surface area (Å²) in [5, 5.41) is -0.216. The van der Waals surface area contributed by atoms with E-state index < -0.39 is 24.1 Å². The minimum absolute atomic E-state index is 0.0959. The molecule has 19 heavy (non-hydrogen) atoms. The zero-order chi connectivity index (χ0) is 14.6. The van der Waals surface area contributed by atoms with Crippen molar-refractivity contribution in [3.63, 3.8) is 0 Å². The van der Waals surface area contributed by atoms with Gasteiger partial charge in [-0.1, -0.05) is 17.7 Å². The first-order valence-electron chi connectivity index (χ1n) is 5.10. The third-order valence-corrected chi connectivity index (χ3v) is 2.48. The molecule has 0 aromatic heterocycles. The summed E-state index contributed by atoms with van der Waals surface area (Å²) >= 11 is 5.65. The van der Waals surface area contributed by atoms with Gasteiger partial charge in [0.1, 0.15) is 11.8 Å². The molecule has 0 aliphatic carbocycles. The Bertz CT molecular complexity index is 465. The van der Waals surface area contributed by atoms with Crippen molar-refractivity contribution in [2.75, 3.05) is 7.11 Å². The Hall–Kier alpha value is -1.47. The molecule has 1 aromatic carbocycles. The van der Waals surface area contributed by atoms with E-state index >= 15 is 0 Å². The molecule has 0 heterocycles. The minimum Gasteiger partial charge on any atom is -0.468 e. The lowest BCUT2D eigenvalue weighted by Crippen LogP contribution is -2.33. The van der Waals surface area contributed by atoms with Gasteiger partial charge in [0.15, 0.2) is 0 Å². The van der Waals surface area contributed by atoms with Crippen molar-refractivity contribution < 1.29 is 27.4 Å². The fraction of sp³-hybridized carbons (Fsp3) is 0.364. The lowest BCUT2D eigenvalue weighted by molar-refractivity contribution is -0.274. The highest BCUT2D eigenvalue weighted by molar-refractivity contribution is 6.32. The summed E-state index contributed by atoms with van der Waals surface area (Å²) in [7, 11) is 1.19. The predicted octanol–water partition coefficient (Wildman–Crippen LogP) is 2.28. The van der Waals surface area contributed by atoms with Gasteiger partial charge in [0.2, 0.25) is 0 Å². The van der Waals surface area contributed by atoms with Gasteiger partial charge in [-0.05, 0) is 24.1 Å². The number of nitrogens with two attached hydrogens (primary N) is 1. The lowest BCUT2D eigenvalue weighted by atomic mass is 10.1. The van der Waals surface area contributed by atoms with Crippen molar-refractivity contribution in [2.45, 2.75) is 18.8 Å². The van der Waals surface area contributed by atoms with Gasteiger partial charge in [0, 0.05) is 0 Å². The molecule has 1 rings (SSSR count). The molecule has 4 nitrogen and oxygen atoms in total. The fourth-order valence-corrected chi connectivity index (χ4v) is 1.61. The van der Waals surface area contributed by atoms with Crippen molar-refractivity contribution in [1.82, 2.24) is 0 Å². The molecule has 106 valence electrons. The Kier molecular flexibility index (Phi) is 5.02. The second-order valence-electron chi connectivity index (χ2n) is 3.65. The number of carbonyl (C=O) groups excluding carboxylic acids is 1. The lowest BCUT2D eigenvalue weighted by Gasteiger charge is -2.13. The van der Waals surface area contributed by atoms with Crippen LogP contribution in [0.25, 0.3) is 0 Å². The van der Waals surface area contributed by atoms with Gasteiger partial charge in [0.25, 0.3) is 0 Å². The maximum atomic E-state index is 12.0. The first kappa shape index (κ1) is 15.6. The molecular weight excluding hydrogens is 287 g/mol. The van der Waals surface area contributed by atoms with Crippen LogP contribution in [0.3, 0.4) is 0 Å². The maximum Gasteiger partial charge on any atom is 0.573 e. The van der Waals surface area contributed by atoms with Gasteiger partial charge in [-0.2, -0.15) is 0 Å². The van der Waals surface area contributed by atoms with E-state index in [1.165, 1.54) is 19.2 Å². The molecule has 0 saturated heterocycles. The molecule has 1 aromatic rings. The number of alkyl halides is 3. The number of halogens is 4. The van der Waals surface area contributed by atoms with Gasteiger partial charge in [-0.25, -0.2) is 0 Å². The molecule has 8 heteroatoms. The molecular formula is C11H11ClF3NO3. The number of esters is 1. The van der Waals surface area contributed by atoms with Gasteiger partial charge in [-0.15, -0.1) is 13.2 Å². The van der Waals surface area contributed by atoms with Crippen LogP contribution in [0.4, 0.5) is 13.2 Å². The smallest absolute Gasteiger partial charge is 0.468 e. The summed E-state index contributed by atoms with van der Waals surface area (Å²) in [5.74, 6) is -1.13. The highest BCUT2D eigenvalue weighted by atomic mass is 35.5. The summed E-state index contributed by atoms with van der Waals surface area (Å²) in [6.45, 7) is 0. The van der Waals surface area contributed by atoms with Crippen LogP contribution in [0.5, 0.6) is 5.75 Å². The largest absolute Gasteiger partial charge is 0.573 e. The van der Waals surface area contributed by atoms with Crippen molar-refractivity contribution >= 4 is 17.6 Å². The van der Waals surface area contributed by atoms with E-state index in [2.05, 4.69) is 9.47 Å². The molecule has 1 atom stereocenters. The highest BCUT2D eigenvalue weighted by Gasteiger charge is 2.32. The van der Waals surface area contributed by atoms with Crippen molar-refractivity contribution in [1.29, 1.82) is 0 Å². The summed E-state index contributed by atoms with van der Waals surface area (Å²) in [6, 6.07) is 2.76. The number of rotatable bonds is 4. The molecule has 0 spiro atoms. The van der Waals surface area contributed by atoms with Crippen LogP contribution >= 0.6 is 11.6 Å². The third kappa shape index (κ3) is 4.96. The maximum absolute atomic E-state index is 12.0. The Morgan fingerprint density at radius 1 is 1.47 bits per heavy atom. The van der Waals surface area contributed by atoms with Crippen LogP contribution in [-0.4, -0.2) is 25.5 Å². The Morgan fingerprint density at radius 3 is 2.58 bits per heavy atom. The molecule has 0 fully saturated rings. The van der Waals surface area contributed by atoms with Crippen LogP contribution in [0, 0.1) is 0 Å². The Labute approximate surface area is 112 Å². The number of ether oxygens (including phenoxy) is 2. The fourth-order valence-electron chi connectivity index (χ4n) is 1.37. The predicted molar refractivity (Wildman–Crippen MR) is 61.8 cm³/mol. The Morgan fingerprint density at radius 2 is 2.11 bits per heavy atom. The molecule has 0 radical (unpaired) electrons. The number of benzene rings is 1. The molecule has 0 saturated carbocycles. The second kappa shape index (κ2) is 6.12. The second-order valence-corrected chi connectivity index (χ2v) is 4.05. The van der Waals surface area contributed by atoms with E-state index in [0.29, 0.717) is 5.56 Å². The standard InChI is InChI=1S/C11H11ClF3NO3/c1-18-10(17)8(16)5-6-2-3-9(7(12)4-6)19-11(13,14)15/h2-4,8H,5,16H2,1H3. The van der Waals surface area contributed by atoms with E-state index in [9.17, 15) is 18.0 Å². The van der Waals surface area contributed by atoms with Crippen LogP contribution in [-0.2, 0) is 16.0 Å². The van der Waals surface area contributed by atoms with Crippen molar-refractivity contribution in [3.05, 3.63) is 28.8 Å². The summed E-state index contributed by atoms with van der Waals surface area (Å²) in [4.78, 5) is 11.1. The first-order valence-corrected chi connectivity index (χ1v) is 5.48. The highest BCUT2D eigenvalue weighted by Crippen LogP contribution is 2.30. The number of carbonyl (C=O) groups is 1. The zero-order valence-corrected chi connectivity index (χ0v) is 10.6. The zero-order valence-electron chi connectivity index (χ0n) is 9.83. The SMILES string of the molecule is COC(=O)C(N)Cc1ccc(OC(F)(F)F)c(Cl)c1. The molecule has 1 unspecified atom stereocenters. The van der Waals surface area contributed by atoms with Gasteiger partial charge >= 0.3 is 12.3 Å². The summed E-state index contributed by atoms with van der Waals surface area (Å²) in [6.07, 6.45) is -4.72. The summed E-state index contributed by atoms with van der Waals surface area (Å²) < 4.78 is 44.2. The van der Waals surface area contributed by atoms with E-state index in [4.69, 9.17) is 17.3 Å².